The number of hydrogen-bond acceptors (Lipinski definition) is 1. The molecular formula is C7H16IN. The third-order valence-corrected chi connectivity index (χ3v) is 1.83. The second-order valence-corrected chi connectivity index (χ2v) is 4.85. The molecule has 0 fully saturated rings. The van der Waals surface area contributed by atoms with Crippen molar-refractivity contribution >= 4 is 22.6 Å². The van der Waals surface area contributed by atoms with E-state index in [0.29, 0.717) is 0 Å². The zero-order chi connectivity index (χ0) is 7.28. The van der Waals surface area contributed by atoms with Crippen molar-refractivity contribution < 1.29 is 0 Å². The van der Waals surface area contributed by atoms with Gasteiger partial charge < -0.3 is 4.90 Å². The first-order valence-electron chi connectivity index (χ1n) is 3.41. The number of rotatable bonds is 4. The van der Waals surface area contributed by atoms with Gasteiger partial charge in [-0.15, -0.1) is 0 Å². The van der Waals surface area contributed by atoms with Gasteiger partial charge in [0.2, 0.25) is 0 Å². The van der Waals surface area contributed by atoms with Crippen LogP contribution >= 0.6 is 22.6 Å². The van der Waals surface area contributed by atoms with Gasteiger partial charge in [0.25, 0.3) is 0 Å². The summed E-state index contributed by atoms with van der Waals surface area (Å²) in [5.74, 6) is 0. The van der Waals surface area contributed by atoms with Gasteiger partial charge in [-0.25, -0.2) is 0 Å². The summed E-state index contributed by atoms with van der Waals surface area (Å²) in [4.78, 5) is 2.24. The Morgan fingerprint density at radius 3 is 2.33 bits per heavy atom. The summed E-state index contributed by atoms with van der Waals surface area (Å²) in [6.45, 7) is 3.49. The van der Waals surface area contributed by atoms with Crippen molar-refractivity contribution in [1.29, 1.82) is 0 Å². The summed E-state index contributed by atoms with van der Waals surface area (Å²) in [5, 5.41) is 0. The molecule has 0 aliphatic heterocycles. The second kappa shape index (κ2) is 5.47. The Hall–Kier alpha value is 0.690. The van der Waals surface area contributed by atoms with Gasteiger partial charge in [-0.05, 0) is 33.5 Å². The highest BCUT2D eigenvalue weighted by atomic mass is 127. The van der Waals surface area contributed by atoms with Gasteiger partial charge in [0, 0.05) is 3.92 Å². The molecular weight excluding hydrogens is 225 g/mol. The van der Waals surface area contributed by atoms with E-state index >= 15 is 0 Å². The minimum absolute atomic E-state index is 0.836. The van der Waals surface area contributed by atoms with Crippen molar-refractivity contribution in [2.75, 3.05) is 20.6 Å². The first kappa shape index (κ1) is 9.69. The van der Waals surface area contributed by atoms with Crippen LogP contribution in [0.15, 0.2) is 0 Å². The number of nitrogens with zero attached hydrogens (tertiary/aromatic N) is 1. The van der Waals surface area contributed by atoms with Crippen LogP contribution < -0.4 is 0 Å². The van der Waals surface area contributed by atoms with Gasteiger partial charge in [-0.2, -0.15) is 0 Å². The molecule has 56 valence electrons. The SMILES string of the molecule is CC(I)CCCN(C)C. The van der Waals surface area contributed by atoms with E-state index in [1.54, 1.807) is 0 Å². The Labute approximate surface area is 72.0 Å². The molecule has 0 aliphatic rings. The van der Waals surface area contributed by atoms with Crippen LogP contribution in [0.25, 0.3) is 0 Å². The van der Waals surface area contributed by atoms with Gasteiger partial charge in [0.1, 0.15) is 0 Å². The highest BCUT2D eigenvalue weighted by molar-refractivity contribution is 14.1. The van der Waals surface area contributed by atoms with E-state index in [2.05, 4.69) is 48.5 Å². The molecule has 0 N–H and O–H groups in total. The molecule has 1 unspecified atom stereocenters. The number of hydrogen-bond donors (Lipinski definition) is 0. The minimum atomic E-state index is 0.836. The molecule has 0 radical (unpaired) electrons. The maximum Gasteiger partial charge on any atom is 0.00818 e. The van der Waals surface area contributed by atoms with Gasteiger partial charge in [-0.1, -0.05) is 29.5 Å². The summed E-state index contributed by atoms with van der Waals surface area (Å²) in [7, 11) is 4.25. The van der Waals surface area contributed by atoms with Crippen LogP contribution in [0.3, 0.4) is 0 Å². The Balaban J connectivity index is 2.91. The van der Waals surface area contributed by atoms with Crippen LogP contribution in [-0.2, 0) is 0 Å². The van der Waals surface area contributed by atoms with Crippen molar-refractivity contribution in [1.82, 2.24) is 4.90 Å². The first-order chi connectivity index (χ1) is 4.13. The molecule has 1 nitrogen and oxygen atoms in total. The predicted octanol–water partition coefficient (Wildman–Crippen LogP) is 2.15. The Bertz CT molecular complexity index is 53.9. The summed E-state index contributed by atoms with van der Waals surface area (Å²) < 4.78 is 0.836. The molecule has 0 aliphatic carbocycles. The fraction of sp³-hybridized carbons (Fsp3) is 1.00. The number of alkyl halides is 1. The molecule has 0 saturated heterocycles. The zero-order valence-electron chi connectivity index (χ0n) is 6.52. The lowest BCUT2D eigenvalue weighted by Crippen LogP contribution is -2.13. The molecule has 0 heterocycles. The number of halogens is 1. The van der Waals surface area contributed by atoms with E-state index < -0.39 is 0 Å². The molecule has 0 amide bonds. The monoisotopic (exact) mass is 241 g/mol. The molecule has 0 aromatic heterocycles. The topological polar surface area (TPSA) is 3.24 Å². The normalized spacial score (nSPS) is 14.3. The van der Waals surface area contributed by atoms with Crippen molar-refractivity contribution in [3.63, 3.8) is 0 Å². The van der Waals surface area contributed by atoms with Crippen LogP contribution in [0.1, 0.15) is 19.8 Å². The molecule has 2 heteroatoms. The van der Waals surface area contributed by atoms with Crippen molar-refractivity contribution in [2.24, 2.45) is 0 Å². The summed E-state index contributed by atoms with van der Waals surface area (Å²) >= 11 is 2.47. The fourth-order valence-corrected chi connectivity index (χ4v) is 1.13. The maximum atomic E-state index is 2.47. The lowest BCUT2D eigenvalue weighted by atomic mass is 10.2. The smallest absolute Gasteiger partial charge is 0.00818 e. The van der Waals surface area contributed by atoms with Gasteiger partial charge in [0.15, 0.2) is 0 Å². The third kappa shape index (κ3) is 8.69. The van der Waals surface area contributed by atoms with Gasteiger partial charge in [-0.3, -0.25) is 0 Å². The van der Waals surface area contributed by atoms with Crippen LogP contribution in [0.2, 0.25) is 0 Å². The molecule has 1 atom stereocenters. The summed E-state index contributed by atoms with van der Waals surface area (Å²) in [6.07, 6.45) is 2.68. The van der Waals surface area contributed by atoms with Crippen molar-refractivity contribution in [3.8, 4) is 0 Å². The van der Waals surface area contributed by atoms with E-state index in [9.17, 15) is 0 Å². The highest BCUT2D eigenvalue weighted by Gasteiger charge is 1.95. The maximum absolute atomic E-state index is 2.47. The Morgan fingerprint density at radius 1 is 1.44 bits per heavy atom. The molecule has 0 saturated carbocycles. The van der Waals surface area contributed by atoms with Gasteiger partial charge in [0.05, 0.1) is 0 Å². The van der Waals surface area contributed by atoms with Crippen LogP contribution in [-0.4, -0.2) is 29.5 Å². The summed E-state index contributed by atoms with van der Waals surface area (Å²) in [6, 6.07) is 0. The predicted molar refractivity (Wildman–Crippen MR) is 51.3 cm³/mol. The standard InChI is InChI=1S/C7H16IN/c1-7(8)5-4-6-9(2)3/h7H,4-6H2,1-3H3. The lowest BCUT2D eigenvalue weighted by Gasteiger charge is -2.09. The quantitative estimate of drug-likeness (QED) is 0.538. The van der Waals surface area contributed by atoms with E-state index in [4.69, 9.17) is 0 Å². The third-order valence-electron chi connectivity index (χ3n) is 1.21. The highest BCUT2D eigenvalue weighted by Crippen LogP contribution is 2.06. The molecule has 0 spiro atoms. The average Bonchev–Trinajstić information content (AvgIpc) is 1.63. The van der Waals surface area contributed by atoms with Crippen LogP contribution in [0.5, 0.6) is 0 Å². The first-order valence-corrected chi connectivity index (χ1v) is 4.66. The molecule has 0 bridgehead atoms. The minimum Gasteiger partial charge on any atom is -0.309 e. The van der Waals surface area contributed by atoms with Crippen molar-refractivity contribution in [3.05, 3.63) is 0 Å². The summed E-state index contributed by atoms with van der Waals surface area (Å²) in [5.41, 5.74) is 0. The molecule has 9 heavy (non-hydrogen) atoms. The van der Waals surface area contributed by atoms with Crippen LogP contribution in [0, 0.1) is 0 Å². The molecule has 0 aromatic carbocycles. The molecule has 0 aromatic rings. The van der Waals surface area contributed by atoms with Gasteiger partial charge >= 0.3 is 0 Å². The fourth-order valence-electron chi connectivity index (χ4n) is 0.689. The largest absolute Gasteiger partial charge is 0.309 e. The molecule has 0 rings (SSSR count). The van der Waals surface area contributed by atoms with E-state index in [-0.39, 0.29) is 0 Å². The second-order valence-electron chi connectivity index (χ2n) is 2.73. The Kier molecular flexibility index (Phi) is 5.89. The van der Waals surface area contributed by atoms with E-state index in [1.807, 2.05) is 0 Å². The Morgan fingerprint density at radius 2 is 2.00 bits per heavy atom. The zero-order valence-corrected chi connectivity index (χ0v) is 8.68. The van der Waals surface area contributed by atoms with E-state index in [1.165, 1.54) is 19.4 Å². The average molecular weight is 241 g/mol. The lowest BCUT2D eigenvalue weighted by molar-refractivity contribution is 0.395. The van der Waals surface area contributed by atoms with E-state index in [0.717, 1.165) is 3.92 Å². The van der Waals surface area contributed by atoms with Crippen molar-refractivity contribution in [2.45, 2.75) is 23.7 Å². The van der Waals surface area contributed by atoms with Crippen LogP contribution in [0.4, 0.5) is 0 Å².